The van der Waals surface area contributed by atoms with Crippen molar-refractivity contribution in [3.05, 3.63) is 11.5 Å². The van der Waals surface area contributed by atoms with Crippen molar-refractivity contribution in [3.63, 3.8) is 0 Å². The first-order chi connectivity index (χ1) is 4.70. The maximum atomic E-state index is 5.20. The molecule has 0 fully saturated rings. The number of hydrogen-bond acceptors (Lipinski definition) is 3. The van der Waals surface area contributed by atoms with Gasteiger partial charge in [0.2, 0.25) is 0 Å². The number of aromatic nitrogens is 1. The van der Waals surface area contributed by atoms with E-state index < -0.39 is 0 Å². The Labute approximate surface area is 61.3 Å². The third-order valence-corrected chi connectivity index (χ3v) is 1.05. The number of anilines is 1. The molecule has 0 saturated carbocycles. The second kappa shape index (κ2) is 3.93. The molecule has 0 aromatic carbocycles. The summed E-state index contributed by atoms with van der Waals surface area (Å²) in [5.41, 5.74) is 6.07. The topological polar surface area (TPSA) is 52.0 Å². The molecule has 1 heterocycles. The molecule has 2 N–H and O–H groups in total. The molecule has 1 aromatic heterocycles. The molecule has 3 heteroatoms. The van der Waals surface area contributed by atoms with E-state index in [1.165, 1.54) is 0 Å². The van der Waals surface area contributed by atoms with Crippen molar-refractivity contribution in [1.29, 1.82) is 0 Å². The first kappa shape index (κ1) is 9.01. The van der Waals surface area contributed by atoms with Gasteiger partial charge in [0.15, 0.2) is 0 Å². The SMILES string of the molecule is CC.Cc1nc(N)oc1C. The molecule has 58 valence electrons. The van der Waals surface area contributed by atoms with E-state index in [1.54, 1.807) is 0 Å². The van der Waals surface area contributed by atoms with Crippen LogP contribution < -0.4 is 5.73 Å². The average molecular weight is 142 g/mol. The van der Waals surface area contributed by atoms with Crippen molar-refractivity contribution in [3.8, 4) is 0 Å². The zero-order chi connectivity index (χ0) is 8.15. The first-order valence-corrected chi connectivity index (χ1v) is 3.39. The Morgan fingerprint density at radius 2 is 1.80 bits per heavy atom. The van der Waals surface area contributed by atoms with E-state index in [2.05, 4.69) is 4.98 Å². The van der Waals surface area contributed by atoms with Crippen molar-refractivity contribution >= 4 is 6.01 Å². The Morgan fingerprint density at radius 3 is 1.90 bits per heavy atom. The van der Waals surface area contributed by atoms with Crippen LogP contribution in [-0.4, -0.2) is 4.98 Å². The molecule has 0 aliphatic rings. The second-order valence-electron chi connectivity index (χ2n) is 1.69. The zero-order valence-electron chi connectivity index (χ0n) is 6.93. The largest absolute Gasteiger partial charge is 0.429 e. The smallest absolute Gasteiger partial charge is 0.292 e. The fourth-order valence-corrected chi connectivity index (χ4v) is 0.498. The van der Waals surface area contributed by atoms with Crippen LogP contribution in [0.4, 0.5) is 6.01 Å². The van der Waals surface area contributed by atoms with Gasteiger partial charge in [-0.05, 0) is 13.8 Å². The highest BCUT2D eigenvalue weighted by Gasteiger charge is 1.98. The third kappa shape index (κ3) is 2.09. The predicted molar refractivity (Wildman–Crippen MR) is 41.7 cm³/mol. The molecule has 0 aliphatic heterocycles. The van der Waals surface area contributed by atoms with Gasteiger partial charge in [-0.25, -0.2) is 0 Å². The van der Waals surface area contributed by atoms with Gasteiger partial charge in [0, 0.05) is 0 Å². The van der Waals surface area contributed by atoms with E-state index in [0.29, 0.717) is 0 Å². The highest BCUT2D eigenvalue weighted by atomic mass is 16.4. The fraction of sp³-hybridized carbons (Fsp3) is 0.571. The van der Waals surface area contributed by atoms with Crippen molar-refractivity contribution in [2.75, 3.05) is 5.73 Å². The number of nitrogens with zero attached hydrogens (tertiary/aromatic N) is 1. The summed E-state index contributed by atoms with van der Waals surface area (Å²) in [5, 5.41) is 0. The summed E-state index contributed by atoms with van der Waals surface area (Å²) in [6, 6.07) is 0.250. The van der Waals surface area contributed by atoms with Gasteiger partial charge in [0.05, 0.1) is 5.69 Å². The minimum absolute atomic E-state index is 0.250. The van der Waals surface area contributed by atoms with Gasteiger partial charge in [-0.3, -0.25) is 0 Å². The molecule has 1 rings (SSSR count). The highest BCUT2D eigenvalue weighted by molar-refractivity contribution is 5.17. The van der Waals surface area contributed by atoms with E-state index >= 15 is 0 Å². The lowest BCUT2D eigenvalue weighted by molar-refractivity contribution is 0.546. The molecule has 0 atom stereocenters. The van der Waals surface area contributed by atoms with Gasteiger partial charge >= 0.3 is 0 Å². The van der Waals surface area contributed by atoms with E-state index in [-0.39, 0.29) is 6.01 Å². The lowest BCUT2D eigenvalue weighted by Crippen LogP contribution is -1.81. The Kier molecular flexibility index (Phi) is 3.54. The minimum Gasteiger partial charge on any atom is -0.429 e. The second-order valence-corrected chi connectivity index (χ2v) is 1.69. The van der Waals surface area contributed by atoms with Crippen LogP contribution in [0.25, 0.3) is 0 Å². The molecule has 0 spiro atoms. The number of rotatable bonds is 0. The molecule has 0 aliphatic carbocycles. The van der Waals surface area contributed by atoms with E-state index in [0.717, 1.165) is 11.5 Å². The number of nitrogens with two attached hydrogens (primary N) is 1. The number of oxazole rings is 1. The zero-order valence-corrected chi connectivity index (χ0v) is 6.93. The molecule has 0 radical (unpaired) electrons. The van der Waals surface area contributed by atoms with Gasteiger partial charge in [0.1, 0.15) is 5.76 Å². The molecule has 0 unspecified atom stereocenters. The predicted octanol–water partition coefficient (Wildman–Crippen LogP) is 1.90. The maximum Gasteiger partial charge on any atom is 0.292 e. The van der Waals surface area contributed by atoms with Crippen molar-refractivity contribution < 1.29 is 4.42 Å². The molecule has 3 nitrogen and oxygen atoms in total. The number of aryl methyl sites for hydroxylation is 2. The lowest BCUT2D eigenvalue weighted by atomic mass is 10.4. The van der Waals surface area contributed by atoms with Crippen LogP contribution in [0.3, 0.4) is 0 Å². The molecular formula is C7H14N2O. The van der Waals surface area contributed by atoms with Crippen LogP contribution in [0.5, 0.6) is 0 Å². The van der Waals surface area contributed by atoms with Crippen LogP contribution in [0, 0.1) is 13.8 Å². The standard InChI is InChI=1S/C5H8N2O.C2H6/c1-3-4(2)8-5(6)7-3;1-2/h1-2H3,(H2,6,7);1-2H3. The highest BCUT2D eigenvalue weighted by Crippen LogP contribution is 2.07. The van der Waals surface area contributed by atoms with Crippen LogP contribution in [0.2, 0.25) is 0 Å². The van der Waals surface area contributed by atoms with Gasteiger partial charge in [-0.2, -0.15) is 4.98 Å². The molecule has 10 heavy (non-hydrogen) atoms. The van der Waals surface area contributed by atoms with Crippen molar-refractivity contribution in [2.24, 2.45) is 0 Å². The van der Waals surface area contributed by atoms with E-state index in [9.17, 15) is 0 Å². The van der Waals surface area contributed by atoms with Gasteiger partial charge in [-0.1, -0.05) is 13.8 Å². The average Bonchev–Trinajstić information content (AvgIpc) is 2.16. The van der Waals surface area contributed by atoms with Gasteiger partial charge in [0.25, 0.3) is 6.01 Å². The normalized spacial score (nSPS) is 8.40. The molecule has 0 saturated heterocycles. The third-order valence-electron chi connectivity index (χ3n) is 1.05. The van der Waals surface area contributed by atoms with Crippen LogP contribution in [-0.2, 0) is 0 Å². The Balaban J connectivity index is 0.000000371. The van der Waals surface area contributed by atoms with Crippen molar-refractivity contribution in [2.45, 2.75) is 27.7 Å². The maximum absolute atomic E-state index is 5.20. The summed E-state index contributed by atoms with van der Waals surface area (Å²) in [5.74, 6) is 0.794. The van der Waals surface area contributed by atoms with E-state index in [4.69, 9.17) is 10.2 Å². The van der Waals surface area contributed by atoms with Crippen LogP contribution >= 0.6 is 0 Å². The molecule has 1 aromatic rings. The lowest BCUT2D eigenvalue weighted by Gasteiger charge is -1.76. The molecule has 0 bridgehead atoms. The molecular weight excluding hydrogens is 128 g/mol. The Bertz CT molecular complexity index is 174. The summed E-state index contributed by atoms with van der Waals surface area (Å²) < 4.78 is 4.88. The van der Waals surface area contributed by atoms with Gasteiger partial charge in [-0.15, -0.1) is 0 Å². The Morgan fingerprint density at radius 1 is 1.30 bits per heavy atom. The van der Waals surface area contributed by atoms with Crippen molar-refractivity contribution in [1.82, 2.24) is 4.98 Å². The summed E-state index contributed by atoms with van der Waals surface area (Å²) >= 11 is 0. The minimum atomic E-state index is 0.250. The summed E-state index contributed by atoms with van der Waals surface area (Å²) in [6.07, 6.45) is 0. The monoisotopic (exact) mass is 142 g/mol. The Hall–Kier alpha value is -0.990. The quantitative estimate of drug-likeness (QED) is 0.602. The number of hydrogen-bond donors (Lipinski definition) is 1. The van der Waals surface area contributed by atoms with Crippen LogP contribution in [0.15, 0.2) is 4.42 Å². The fourth-order valence-electron chi connectivity index (χ4n) is 0.498. The first-order valence-electron chi connectivity index (χ1n) is 3.39. The van der Waals surface area contributed by atoms with Gasteiger partial charge < -0.3 is 10.2 Å². The molecule has 0 amide bonds. The van der Waals surface area contributed by atoms with Crippen LogP contribution in [0.1, 0.15) is 25.3 Å². The summed E-state index contributed by atoms with van der Waals surface area (Å²) in [7, 11) is 0. The summed E-state index contributed by atoms with van der Waals surface area (Å²) in [6.45, 7) is 7.69. The number of nitrogen functional groups attached to an aromatic ring is 1. The summed E-state index contributed by atoms with van der Waals surface area (Å²) in [4.78, 5) is 3.82. The van der Waals surface area contributed by atoms with E-state index in [1.807, 2.05) is 27.7 Å².